The summed E-state index contributed by atoms with van der Waals surface area (Å²) < 4.78 is 6.59. The van der Waals surface area contributed by atoms with Crippen molar-refractivity contribution in [2.45, 2.75) is 19.5 Å². The molecule has 0 unspecified atom stereocenters. The zero-order valence-electron chi connectivity index (χ0n) is 20.6. The van der Waals surface area contributed by atoms with Gasteiger partial charge in [0.2, 0.25) is 0 Å². The van der Waals surface area contributed by atoms with Crippen molar-refractivity contribution < 1.29 is 29.0 Å². The van der Waals surface area contributed by atoms with E-state index in [4.69, 9.17) is 15.6 Å². The summed E-state index contributed by atoms with van der Waals surface area (Å²) in [7, 11) is 0. The monoisotopic (exact) mass is 529 g/mol. The molecule has 4 aromatic rings. The number of nitrogen functional groups attached to an aromatic ring is 1. The maximum Gasteiger partial charge on any atom is 0.335 e. The number of carboxylic acids is 1. The number of amides is 3. The van der Waals surface area contributed by atoms with E-state index in [1.54, 1.807) is 37.3 Å². The number of carbonyl (C=O) groups is 4. The fourth-order valence-electron chi connectivity index (χ4n) is 4.05. The molecule has 0 bridgehead atoms. The van der Waals surface area contributed by atoms with Gasteiger partial charge in [0.05, 0.1) is 17.3 Å². The molecule has 2 aromatic heterocycles. The van der Waals surface area contributed by atoms with E-state index in [0.29, 0.717) is 22.6 Å². The normalized spacial score (nSPS) is 13.1. The van der Waals surface area contributed by atoms with Crippen LogP contribution in [0.2, 0.25) is 0 Å². The number of aromatic carboxylic acids is 1. The second-order valence-electron chi connectivity index (χ2n) is 8.84. The third-order valence-corrected chi connectivity index (χ3v) is 6.05. The summed E-state index contributed by atoms with van der Waals surface area (Å²) in [6, 6.07) is 13.5. The van der Waals surface area contributed by atoms with Crippen molar-refractivity contribution in [1.82, 2.24) is 25.2 Å². The van der Waals surface area contributed by atoms with E-state index in [-0.39, 0.29) is 47.5 Å². The molecule has 0 radical (unpaired) electrons. The lowest BCUT2D eigenvalue weighted by Gasteiger charge is -2.18. The van der Waals surface area contributed by atoms with Crippen LogP contribution in [-0.2, 0) is 11.3 Å². The van der Waals surface area contributed by atoms with E-state index in [2.05, 4.69) is 26.0 Å². The Labute approximate surface area is 221 Å². The van der Waals surface area contributed by atoms with Crippen LogP contribution in [0.1, 0.15) is 55.4 Å². The van der Waals surface area contributed by atoms with Crippen molar-refractivity contribution in [1.29, 1.82) is 0 Å². The van der Waals surface area contributed by atoms with Gasteiger partial charge in [0.25, 0.3) is 17.7 Å². The Kier molecular flexibility index (Phi) is 6.54. The maximum atomic E-state index is 13.2. The van der Waals surface area contributed by atoms with Crippen LogP contribution in [0.4, 0.5) is 11.5 Å². The smallest absolute Gasteiger partial charge is 0.335 e. The SMILES string of the molecule is C[C@H](NC(=O)c1cc(C(=O)NCc2ccc3c(c2)NC(=O)CO3)nc2cc(N)nn12)c1ccc(C(=O)O)cc1. The van der Waals surface area contributed by atoms with Gasteiger partial charge in [0.15, 0.2) is 12.3 Å². The van der Waals surface area contributed by atoms with E-state index in [1.807, 2.05) is 0 Å². The number of hydrogen-bond acceptors (Lipinski definition) is 8. The number of nitrogens with two attached hydrogens (primary N) is 1. The Bertz CT molecular complexity index is 1630. The topological polar surface area (TPSA) is 190 Å². The van der Waals surface area contributed by atoms with Gasteiger partial charge in [0, 0.05) is 18.7 Å². The molecule has 13 nitrogen and oxygen atoms in total. The van der Waals surface area contributed by atoms with Gasteiger partial charge in [-0.15, -0.1) is 5.10 Å². The van der Waals surface area contributed by atoms with Crippen LogP contribution < -0.4 is 26.4 Å². The Hall–Kier alpha value is -5.46. The van der Waals surface area contributed by atoms with Crippen LogP contribution in [-0.4, -0.2) is 50.0 Å². The molecule has 3 heterocycles. The highest BCUT2D eigenvalue weighted by molar-refractivity contribution is 5.99. The van der Waals surface area contributed by atoms with Gasteiger partial charge in [-0.1, -0.05) is 18.2 Å². The highest BCUT2D eigenvalue weighted by atomic mass is 16.5. The van der Waals surface area contributed by atoms with Crippen molar-refractivity contribution in [2.75, 3.05) is 17.7 Å². The number of nitrogens with one attached hydrogen (secondary N) is 3. The quantitative estimate of drug-likeness (QED) is 0.237. The molecule has 0 aliphatic carbocycles. The molecule has 2 aromatic carbocycles. The zero-order valence-corrected chi connectivity index (χ0v) is 20.6. The van der Waals surface area contributed by atoms with Gasteiger partial charge >= 0.3 is 5.97 Å². The summed E-state index contributed by atoms with van der Waals surface area (Å²) in [5.74, 6) is -1.74. The summed E-state index contributed by atoms with van der Waals surface area (Å²) in [5.41, 5.74) is 8.07. The summed E-state index contributed by atoms with van der Waals surface area (Å²) >= 11 is 0. The lowest BCUT2D eigenvalue weighted by atomic mass is 10.1. The molecule has 13 heteroatoms. The second-order valence-corrected chi connectivity index (χ2v) is 8.84. The average molecular weight is 530 g/mol. The molecule has 6 N–H and O–H groups in total. The highest BCUT2D eigenvalue weighted by Crippen LogP contribution is 2.28. The first-order chi connectivity index (χ1) is 18.7. The minimum Gasteiger partial charge on any atom is -0.482 e. The first-order valence-electron chi connectivity index (χ1n) is 11.8. The first kappa shape index (κ1) is 25.2. The summed E-state index contributed by atoms with van der Waals surface area (Å²) in [5, 5.41) is 21.5. The predicted octanol–water partition coefficient (Wildman–Crippen LogP) is 1.76. The molecule has 1 atom stereocenters. The zero-order chi connectivity index (χ0) is 27.7. The summed E-state index contributed by atoms with van der Waals surface area (Å²) in [6.07, 6.45) is 0. The standard InChI is InChI=1S/C26H23N7O6/c1-13(15-3-5-16(6-4-15)26(37)38)29-25(36)19-9-18(30-22-10-21(27)32-33(19)22)24(35)28-11-14-2-7-20-17(8-14)31-23(34)12-39-20/h2-10,13H,11-12H2,1H3,(H2,27,32)(H,28,35)(H,29,36)(H,31,34)(H,37,38)/t13-/m0/s1. The molecular formula is C26H23N7O6. The van der Waals surface area contributed by atoms with Crippen LogP contribution in [0.5, 0.6) is 5.75 Å². The Morgan fingerprint density at radius 2 is 1.90 bits per heavy atom. The predicted molar refractivity (Wildman–Crippen MR) is 138 cm³/mol. The van der Waals surface area contributed by atoms with Crippen molar-refractivity contribution in [3.63, 3.8) is 0 Å². The van der Waals surface area contributed by atoms with E-state index >= 15 is 0 Å². The Balaban J connectivity index is 1.34. The van der Waals surface area contributed by atoms with Crippen LogP contribution in [0.3, 0.4) is 0 Å². The molecule has 0 saturated carbocycles. The molecule has 0 fully saturated rings. The third kappa shape index (κ3) is 5.32. The molecule has 3 amide bonds. The van der Waals surface area contributed by atoms with E-state index in [9.17, 15) is 19.2 Å². The van der Waals surface area contributed by atoms with Crippen LogP contribution >= 0.6 is 0 Å². The van der Waals surface area contributed by atoms with Crippen molar-refractivity contribution in [2.24, 2.45) is 0 Å². The number of ether oxygens (including phenoxy) is 1. The van der Waals surface area contributed by atoms with Gasteiger partial charge in [-0.3, -0.25) is 14.4 Å². The summed E-state index contributed by atoms with van der Waals surface area (Å²) in [4.78, 5) is 53.2. The number of aromatic nitrogens is 3. The second kappa shape index (κ2) is 10.1. The number of nitrogens with zero attached hydrogens (tertiary/aromatic N) is 3. The molecule has 1 aliphatic rings. The number of fused-ring (bicyclic) bond motifs is 2. The number of benzene rings is 2. The molecule has 5 rings (SSSR count). The van der Waals surface area contributed by atoms with Gasteiger partial charge in [-0.25, -0.2) is 14.3 Å². The summed E-state index contributed by atoms with van der Waals surface area (Å²) in [6.45, 7) is 1.81. The van der Waals surface area contributed by atoms with Gasteiger partial charge in [-0.05, 0) is 42.3 Å². The molecule has 0 spiro atoms. The minimum absolute atomic E-state index is 0.0272. The largest absolute Gasteiger partial charge is 0.482 e. The maximum absolute atomic E-state index is 13.2. The minimum atomic E-state index is -1.05. The average Bonchev–Trinajstić information content (AvgIpc) is 3.30. The van der Waals surface area contributed by atoms with Crippen LogP contribution in [0.15, 0.2) is 54.6 Å². The van der Waals surface area contributed by atoms with Crippen LogP contribution in [0, 0.1) is 0 Å². The lowest BCUT2D eigenvalue weighted by molar-refractivity contribution is -0.118. The first-order valence-corrected chi connectivity index (χ1v) is 11.8. The van der Waals surface area contributed by atoms with Gasteiger partial charge in [0.1, 0.15) is 23.0 Å². The van der Waals surface area contributed by atoms with Crippen LogP contribution in [0.25, 0.3) is 5.65 Å². The number of carbonyl (C=O) groups excluding carboxylic acids is 3. The van der Waals surface area contributed by atoms with E-state index in [1.165, 1.54) is 28.8 Å². The van der Waals surface area contributed by atoms with E-state index in [0.717, 1.165) is 0 Å². The van der Waals surface area contributed by atoms with Crippen molar-refractivity contribution in [3.8, 4) is 5.75 Å². The molecule has 198 valence electrons. The fourth-order valence-corrected chi connectivity index (χ4v) is 4.05. The molecule has 39 heavy (non-hydrogen) atoms. The molecular weight excluding hydrogens is 506 g/mol. The number of hydrogen-bond donors (Lipinski definition) is 5. The Morgan fingerprint density at radius 3 is 2.64 bits per heavy atom. The highest BCUT2D eigenvalue weighted by Gasteiger charge is 2.21. The van der Waals surface area contributed by atoms with Gasteiger partial charge in [-0.2, -0.15) is 0 Å². The number of anilines is 2. The molecule has 0 saturated heterocycles. The molecule has 1 aliphatic heterocycles. The Morgan fingerprint density at radius 1 is 1.13 bits per heavy atom. The van der Waals surface area contributed by atoms with Crippen molar-refractivity contribution >= 4 is 40.8 Å². The third-order valence-electron chi connectivity index (χ3n) is 6.05. The fraction of sp³-hybridized carbons (Fsp3) is 0.154. The van der Waals surface area contributed by atoms with E-state index < -0.39 is 23.8 Å². The lowest BCUT2D eigenvalue weighted by Crippen LogP contribution is -2.30. The van der Waals surface area contributed by atoms with Gasteiger partial charge < -0.3 is 31.5 Å². The number of carboxylic acid groups (broad SMARTS) is 1. The number of rotatable bonds is 7. The van der Waals surface area contributed by atoms with Crippen molar-refractivity contribution in [3.05, 3.63) is 82.7 Å².